The van der Waals surface area contributed by atoms with Crippen molar-refractivity contribution in [3.8, 4) is 6.07 Å². The van der Waals surface area contributed by atoms with Gasteiger partial charge in [0, 0.05) is 43.5 Å². The molecule has 1 aliphatic heterocycles. The van der Waals surface area contributed by atoms with Gasteiger partial charge in [0.1, 0.15) is 0 Å². The molecular weight excluding hydrogens is 406 g/mol. The molecule has 0 N–H and O–H groups in total. The number of morpholine rings is 1. The smallest absolute Gasteiger partial charge is 0.223 e. The van der Waals surface area contributed by atoms with E-state index in [1.54, 1.807) is 0 Å². The summed E-state index contributed by atoms with van der Waals surface area (Å²) in [6.45, 7) is 5.65. The van der Waals surface area contributed by atoms with Gasteiger partial charge in [0.25, 0.3) is 0 Å². The number of hydrogen-bond acceptors (Lipinski definition) is 4. The Hall–Kier alpha value is -0.640. The van der Waals surface area contributed by atoms with Crippen LogP contribution in [0.25, 0.3) is 0 Å². The Bertz CT molecular complexity index is 585. The minimum Gasteiger partial charge on any atom is -0.379 e. The number of carbonyl (C=O) groups excluding carboxylic acids is 1. The SMILES string of the molecule is N#CCCN(CCN1CCOCC1)C(=O)CC12CC3CC(CC(Br)(C3)C1)C2. The van der Waals surface area contributed by atoms with Crippen LogP contribution < -0.4 is 0 Å². The molecule has 0 spiro atoms. The van der Waals surface area contributed by atoms with Gasteiger partial charge in [-0.05, 0) is 55.8 Å². The van der Waals surface area contributed by atoms with E-state index < -0.39 is 0 Å². The Kier molecular flexibility index (Phi) is 5.83. The van der Waals surface area contributed by atoms with Crippen LogP contribution in [0.5, 0.6) is 0 Å². The zero-order chi connectivity index (χ0) is 18.9. The van der Waals surface area contributed by atoms with Crippen molar-refractivity contribution in [2.45, 2.75) is 55.7 Å². The summed E-state index contributed by atoms with van der Waals surface area (Å²) in [7, 11) is 0. The normalized spacial score (nSPS) is 37.9. The average Bonchev–Trinajstić information content (AvgIpc) is 2.60. The third kappa shape index (κ3) is 4.52. The van der Waals surface area contributed by atoms with Gasteiger partial charge in [0.05, 0.1) is 25.7 Å². The zero-order valence-electron chi connectivity index (χ0n) is 16.3. The van der Waals surface area contributed by atoms with Gasteiger partial charge < -0.3 is 9.64 Å². The van der Waals surface area contributed by atoms with Gasteiger partial charge in [-0.3, -0.25) is 9.69 Å². The first-order valence-electron chi connectivity index (χ1n) is 10.6. The van der Waals surface area contributed by atoms with Crippen LogP contribution in [0.3, 0.4) is 0 Å². The fraction of sp³-hybridized carbons (Fsp3) is 0.905. The van der Waals surface area contributed by atoms with Crippen molar-refractivity contribution in [3.63, 3.8) is 0 Å². The molecule has 0 radical (unpaired) electrons. The number of alkyl halides is 1. The van der Waals surface area contributed by atoms with E-state index in [1.807, 2.05) is 4.90 Å². The van der Waals surface area contributed by atoms with E-state index in [0.717, 1.165) is 57.6 Å². The third-order valence-corrected chi connectivity index (χ3v) is 8.20. The highest BCUT2D eigenvalue weighted by Crippen LogP contribution is 2.65. The Morgan fingerprint density at radius 2 is 1.89 bits per heavy atom. The van der Waals surface area contributed by atoms with Crippen LogP contribution in [-0.2, 0) is 9.53 Å². The van der Waals surface area contributed by atoms with Crippen LogP contribution >= 0.6 is 15.9 Å². The van der Waals surface area contributed by atoms with Crippen molar-refractivity contribution < 1.29 is 9.53 Å². The van der Waals surface area contributed by atoms with Crippen LogP contribution in [0.1, 0.15) is 51.4 Å². The molecule has 0 aromatic carbocycles. The molecule has 5 nitrogen and oxygen atoms in total. The Balaban J connectivity index is 1.38. The van der Waals surface area contributed by atoms with E-state index in [4.69, 9.17) is 10.00 Å². The molecule has 4 bridgehead atoms. The van der Waals surface area contributed by atoms with Crippen molar-refractivity contribution in [1.29, 1.82) is 5.26 Å². The summed E-state index contributed by atoms with van der Waals surface area (Å²) in [5, 5.41) is 9.03. The second kappa shape index (κ2) is 8.00. The van der Waals surface area contributed by atoms with Gasteiger partial charge in [-0.15, -0.1) is 0 Å². The maximum absolute atomic E-state index is 13.3. The van der Waals surface area contributed by atoms with Crippen molar-refractivity contribution >= 4 is 21.8 Å². The molecular formula is C21H32BrN3O2. The molecule has 150 valence electrons. The molecule has 1 heterocycles. The monoisotopic (exact) mass is 437 g/mol. The average molecular weight is 438 g/mol. The predicted octanol–water partition coefficient (Wildman–Crippen LogP) is 3.18. The molecule has 5 rings (SSSR count). The predicted molar refractivity (Wildman–Crippen MR) is 107 cm³/mol. The van der Waals surface area contributed by atoms with Gasteiger partial charge in [-0.2, -0.15) is 5.26 Å². The number of amides is 1. The fourth-order valence-corrected chi connectivity index (χ4v) is 8.12. The second-order valence-corrected chi connectivity index (χ2v) is 11.2. The van der Waals surface area contributed by atoms with Crippen LogP contribution in [0.2, 0.25) is 0 Å². The van der Waals surface area contributed by atoms with Gasteiger partial charge in [-0.25, -0.2) is 0 Å². The summed E-state index contributed by atoms with van der Waals surface area (Å²) in [5.74, 6) is 1.88. The van der Waals surface area contributed by atoms with E-state index in [1.165, 1.54) is 32.1 Å². The standard InChI is InChI=1S/C21H32BrN3O2/c22-21-13-17-10-18(14-21)12-20(11-17,16-21)15-19(26)25(3-1-2-23)5-4-24-6-8-27-9-7-24/h17-18H,1,3-16H2. The van der Waals surface area contributed by atoms with Crippen LogP contribution in [0, 0.1) is 28.6 Å². The molecule has 2 unspecified atom stereocenters. The summed E-state index contributed by atoms with van der Waals surface area (Å²) in [5.41, 5.74) is 0.203. The van der Waals surface area contributed by atoms with Gasteiger partial charge in [0.15, 0.2) is 0 Å². The molecule has 0 aromatic rings. The number of nitriles is 1. The van der Waals surface area contributed by atoms with E-state index in [-0.39, 0.29) is 11.3 Å². The highest BCUT2D eigenvalue weighted by atomic mass is 79.9. The minimum absolute atomic E-state index is 0.203. The number of rotatable bonds is 7. The third-order valence-electron chi connectivity index (χ3n) is 7.27. The van der Waals surface area contributed by atoms with Crippen molar-refractivity contribution in [3.05, 3.63) is 0 Å². The summed E-state index contributed by atoms with van der Waals surface area (Å²) >= 11 is 4.06. The molecule has 4 saturated carbocycles. The largest absolute Gasteiger partial charge is 0.379 e. The lowest BCUT2D eigenvalue weighted by molar-refractivity contribution is -0.138. The second-order valence-electron chi connectivity index (χ2n) is 9.53. The summed E-state index contributed by atoms with van der Waals surface area (Å²) in [4.78, 5) is 17.6. The van der Waals surface area contributed by atoms with Crippen molar-refractivity contribution in [1.82, 2.24) is 9.80 Å². The van der Waals surface area contributed by atoms with E-state index in [9.17, 15) is 4.79 Å². The number of nitrogens with zero attached hydrogens (tertiary/aromatic N) is 3. The van der Waals surface area contributed by atoms with Gasteiger partial charge >= 0.3 is 0 Å². The van der Waals surface area contributed by atoms with E-state index in [0.29, 0.717) is 23.7 Å². The highest BCUT2D eigenvalue weighted by molar-refractivity contribution is 9.10. The molecule has 0 aromatic heterocycles. The first kappa shape index (κ1) is 19.7. The Morgan fingerprint density at radius 1 is 1.19 bits per heavy atom. The van der Waals surface area contributed by atoms with Gasteiger partial charge in [0.2, 0.25) is 5.91 Å². The molecule has 1 saturated heterocycles. The Labute approximate surface area is 171 Å². The van der Waals surface area contributed by atoms with Gasteiger partial charge in [-0.1, -0.05) is 15.9 Å². The quantitative estimate of drug-likeness (QED) is 0.573. The lowest BCUT2D eigenvalue weighted by Crippen LogP contribution is -2.54. The highest BCUT2D eigenvalue weighted by Gasteiger charge is 2.57. The number of hydrogen-bond donors (Lipinski definition) is 0. The van der Waals surface area contributed by atoms with Crippen molar-refractivity contribution in [2.24, 2.45) is 17.3 Å². The lowest BCUT2D eigenvalue weighted by atomic mass is 9.48. The van der Waals surface area contributed by atoms with Crippen LogP contribution in [0.4, 0.5) is 0 Å². The first-order chi connectivity index (χ1) is 13.0. The number of carbonyl (C=O) groups is 1. The van der Waals surface area contributed by atoms with E-state index in [2.05, 4.69) is 26.9 Å². The van der Waals surface area contributed by atoms with E-state index >= 15 is 0 Å². The summed E-state index contributed by atoms with van der Waals surface area (Å²) in [6, 6.07) is 2.22. The summed E-state index contributed by atoms with van der Waals surface area (Å²) in [6.07, 6.45) is 8.71. The molecule has 4 aliphatic carbocycles. The summed E-state index contributed by atoms with van der Waals surface area (Å²) < 4.78 is 5.71. The maximum atomic E-state index is 13.3. The minimum atomic E-state index is 0.203. The van der Waals surface area contributed by atoms with Crippen LogP contribution in [0.15, 0.2) is 0 Å². The van der Waals surface area contributed by atoms with Crippen molar-refractivity contribution in [2.75, 3.05) is 45.9 Å². The Morgan fingerprint density at radius 3 is 2.52 bits per heavy atom. The lowest BCUT2D eigenvalue weighted by Gasteiger charge is -2.60. The molecule has 5 fully saturated rings. The molecule has 1 amide bonds. The molecule has 2 atom stereocenters. The van der Waals surface area contributed by atoms with Crippen LogP contribution in [-0.4, -0.2) is 66.0 Å². The number of ether oxygens (including phenoxy) is 1. The zero-order valence-corrected chi connectivity index (χ0v) is 17.9. The maximum Gasteiger partial charge on any atom is 0.223 e. The number of halogens is 1. The first-order valence-corrected chi connectivity index (χ1v) is 11.4. The molecule has 5 aliphatic rings. The topological polar surface area (TPSA) is 56.6 Å². The molecule has 27 heavy (non-hydrogen) atoms. The fourth-order valence-electron chi connectivity index (χ4n) is 6.61. The molecule has 6 heteroatoms.